The van der Waals surface area contributed by atoms with Gasteiger partial charge in [-0.3, -0.25) is 13.9 Å². The molecular formula is C35H37ClFN3O4S. The van der Waals surface area contributed by atoms with Gasteiger partial charge in [0.15, 0.2) is 0 Å². The summed E-state index contributed by atoms with van der Waals surface area (Å²) < 4.78 is 44.3. The number of amides is 2. The molecule has 10 heteroatoms. The minimum Gasteiger partial charge on any atom is -0.350 e. The van der Waals surface area contributed by atoms with Crippen LogP contribution in [-0.4, -0.2) is 43.3 Å². The van der Waals surface area contributed by atoms with Crippen molar-refractivity contribution in [2.45, 2.75) is 57.1 Å². The number of nitrogens with one attached hydrogen (secondary N) is 1. The van der Waals surface area contributed by atoms with E-state index in [1.807, 2.05) is 51.1 Å². The molecule has 0 heterocycles. The molecule has 4 aromatic rings. The van der Waals surface area contributed by atoms with Gasteiger partial charge in [-0.25, -0.2) is 12.8 Å². The van der Waals surface area contributed by atoms with Crippen molar-refractivity contribution in [1.29, 1.82) is 0 Å². The monoisotopic (exact) mass is 649 g/mol. The Hall–Kier alpha value is -4.21. The highest BCUT2D eigenvalue weighted by Gasteiger charge is 2.36. The fourth-order valence-corrected chi connectivity index (χ4v) is 6.68. The van der Waals surface area contributed by atoms with E-state index in [0.29, 0.717) is 10.6 Å². The maximum absolute atomic E-state index is 15.0. The van der Waals surface area contributed by atoms with E-state index in [2.05, 4.69) is 5.32 Å². The summed E-state index contributed by atoms with van der Waals surface area (Å²) in [5.41, 5.74) is 1.11. The minimum atomic E-state index is -4.26. The lowest BCUT2D eigenvalue weighted by Crippen LogP contribution is -2.56. The molecule has 0 aliphatic rings. The molecule has 236 valence electrons. The first-order valence-electron chi connectivity index (χ1n) is 14.5. The third-order valence-electron chi connectivity index (χ3n) is 7.11. The smallest absolute Gasteiger partial charge is 0.264 e. The summed E-state index contributed by atoms with van der Waals surface area (Å²) in [6, 6.07) is 26.6. The number of sulfonamides is 1. The zero-order chi connectivity index (χ0) is 32.8. The molecule has 0 aliphatic carbocycles. The molecule has 0 bridgehead atoms. The van der Waals surface area contributed by atoms with Gasteiger partial charge in [-0.2, -0.15) is 0 Å². The summed E-state index contributed by atoms with van der Waals surface area (Å²) in [7, 11) is -4.26. The van der Waals surface area contributed by atoms with Crippen LogP contribution >= 0.6 is 11.6 Å². The first-order chi connectivity index (χ1) is 21.3. The van der Waals surface area contributed by atoms with Gasteiger partial charge in [0, 0.05) is 29.1 Å². The van der Waals surface area contributed by atoms with E-state index in [0.717, 1.165) is 9.87 Å². The summed E-state index contributed by atoms with van der Waals surface area (Å²) in [5.74, 6) is -1.68. The van der Waals surface area contributed by atoms with Crippen molar-refractivity contribution in [1.82, 2.24) is 10.2 Å². The number of aryl methyl sites for hydroxylation is 1. The second-order valence-corrected chi connectivity index (χ2v) is 14.1. The number of rotatable bonds is 11. The molecule has 0 aliphatic heterocycles. The van der Waals surface area contributed by atoms with E-state index in [9.17, 15) is 18.0 Å². The van der Waals surface area contributed by atoms with Crippen molar-refractivity contribution in [2.24, 2.45) is 0 Å². The Labute approximate surface area is 269 Å². The quantitative estimate of drug-likeness (QED) is 0.200. The maximum atomic E-state index is 15.0. The lowest BCUT2D eigenvalue weighted by molar-refractivity contribution is -0.140. The van der Waals surface area contributed by atoms with E-state index in [-0.39, 0.29) is 29.1 Å². The topological polar surface area (TPSA) is 86.8 Å². The van der Waals surface area contributed by atoms with Crippen LogP contribution in [0.4, 0.5) is 10.1 Å². The van der Waals surface area contributed by atoms with Crippen LogP contribution in [0.15, 0.2) is 108 Å². The fourth-order valence-electron chi connectivity index (χ4n) is 4.95. The lowest BCUT2D eigenvalue weighted by atomic mass is 10.0. The Morgan fingerprint density at radius 2 is 1.49 bits per heavy atom. The van der Waals surface area contributed by atoms with Crippen molar-refractivity contribution >= 4 is 39.1 Å². The Morgan fingerprint density at radius 3 is 2.09 bits per heavy atom. The Bertz CT molecular complexity index is 1750. The van der Waals surface area contributed by atoms with Crippen molar-refractivity contribution in [2.75, 3.05) is 10.8 Å². The first kappa shape index (κ1) is 33.7. The molecule has 7 nitrogen and oxygen atoms in total. The van der Waals surface area contributed by atoms with Crippen LogP contribution in [0.2, 0.25) is 5.02 Å². The predicted octanol–water partition coefficient (Wildman–Crippen LogP) is 6.54. The summed E-state index contributed by atoms with van der Waals surface area (Å²) in [6.45, 7) is 6.26. The van der Waals surface area contributed by atoms with Crippen LogP contribution in [0.25, 0.3) is 0 Å². The molecule has 0 radical (unpaired) electrons. The normalized spacial score (nSPS) is 12.3. The molecule has 0 aromatic heterocycles. The van der Waals surface area contributed by atoms with E-state index in [1.54, 1.807) is 55.5 Å². The third kappa shape index (κ3) is 8.71. The number of anilines is 1. The van der Waals surface area contributed by atoms with Gasteiger partial charge in [-0.1, -0.05) is 78.3 Å². The molecule has 0 fully saturated rings. The van der Waals surface area contributed by atoms with E-state index in [4.69, 9.17) is 11.6 Å². The minimum absolute atomic E-state index is 0.0147. The molecule has 0 unspecified atom stereocenters. The average molecular weight is 650 g/mol. The SMILES string of the molecule is Cc1cc(Cl)ccc1N(CC(=O)N(Cc1ccccc1F)[C@@H](Cc1ccccc1)C(=O)NC(C)(C)C)S(=O)(=O)c1ccccc1. The van der Waals surface area contributed by atoms with Gasteiger partial charge in [0.25, 0.3) is 10.0 Å². The zero-order valence-corrected chi connectivity index (χ0v) is 27.3. The summed E-state index contributed by atoms with van der Waals surface area (Å²) in [5, 5.41) is 3.36. The van der Waals surface area contributed by atoms with Gasteiger partial charge < -0.3 is 10.2 Å². The van der Waals surface area contributed by atoms with Gasteiger partial charge in [0.2, 0.25) is 11.8 Å². The van der Waals surface area contributed by atoms with Crippen LogP contribution in [0.1, 0.15) is 37.5 Å². The largest absolute Gasteiger partial charge is 0.350 e. The van der Waals surface area contributed by atoms with Gasteiger partial charge >= 0.3 is 0 Å². The van der Waals surface area contributed by atoms with Crippen LogP contribution in [0.5, 0.6) is 0 Å². The first-order valence-corrected chi connectivity index (χ1v) is 16.3. The second-order valence-electron chi connectivity index (χ2n) is 11.8. The standard InChI is InChI=1S/C35H37ClFN3O4S/c1-25-21-28(36)19-20-31(25)40(45(43,44)29-16-9-6-10-17-29)24-33(41)39(23-27-15-11-12-18-30(27)37)32(34(42)38-35(2,3)4)22-26-13-7-5-8-14-26/h5-21,32H,22-24H2,1-4H3,(H,38,42)/t32-/m0/s1. The molecule has 1 N–H and O–H groups in total. The van der Waals surface area contributed by atoms with Crippen LogP contribution < -0.4 is 9.62 Å². The predicted molar refractivity (Wildman–Crippen MR) is 176 cm³/mol. The van der Waals surface area contributed by atoms with E-state index < -0.39 is 45.8 Å². The number of carbonyl (C=O) groups is 2. The van der Waals surface area contributed by atoms with Crippen LogP contribution in [0.3, 0.4) is 0 Å². The molecular weight excluding hydrogens is 613 g/mol. The molecule has 4 rings (SSSR count). The number of nitrogens with zero attached hydrogens (tertiary/aromatic N) is 2. The highest BCUT2D eigenvalue weighted by atomic mass is 35.5. The molecule has 1 atom stereocenters. The van der Waals surface area contributed by atoms with E-state index >= 15 is 4.39 Å². The number of benzene rings is 4. The highest BCUT2D eigenvalue weighted by molar-refractivity contribution is 7.92. The Morgan fingerprint density at radius 1 is 0.889 bits per heavy atom. The number of hydrogen-bond donors (Lipinski definition) is 1. The van der Waals surface area contributed by atoms with Crippen molar-refractivity contribution in [3.63, 3.8) is 0 Å². The van der Waals surface area contributed by atoms with E-state index in [1.165, 1.54) is 29.2 Å². The van der Waals surface area contributed by atoms with Crippen molar-refractivity contribution < 1.29 is 22.4 Å². The molecule has 45 heavy (non-hydrogen) atoms. The summed E-state index contributed by atoms with van der Waals surface area (Å²) in [4.78, 5) is 29.7. The van der Waals surface area contributed by atoms with Crippen molar-refractivity contribution in [3.05, 3.63) is 131 Å². The molecule has 0 saturated carbocycles. The molecule has 0 spiro atoms. The zero-order valence-electron chi connectivity index (χ0n) is 25.7. The Balaban J connectivity index is 1.84. The maximum Gasteiger partial charge on any atom is 0.264 e. The number of halogens is 2. The van der Waals surface area contributed by atoms with Crippen molar-refractivity contribution in [3.8, 4) is 0 Å². The average Bonchev–Trinajstić information content (AvgIpc) is 2.99. The molecule has 0 saturated heterocycles. The molecule has 2 amide bonds. The summed E-state index contributed by atoms with van der Waals surface area (Å²) >= 11 is 6.20. The van der Waals surface area contributed by atoms with Gasteiger partial charge in [0.05, 0.1) is 10.6 Å². The lowest BCUT2D eigenvalue weighted by Gasteiger charge is -2.35. The highest BCUT2D eigenvalue weighted by Crippen LogP contribution is 2.30. The van der Waals surface area contributed by atoms with Crippen LogP contribution in [-0.2, 0) is 32.6 Å². The summed E-state index contributed by atoms with van der Waals surface area (Å²) in [6.07, 6.45) is 0.119. The fraction of sp³-hybridized carbons (Fsp3) is 0.257. The second kappa shape index (κ2) is 14.3. The molecule has 4 aromatic carbocycles. The number of hydrogen-bond acceptors (Lipinski definition) is 4. The Kier molecular flexibility index (Phi) is 10.7. The van der Waals surface area contributed by atoms with Crippen LogP contribution in [0, 0.1) is 12.7 Å². The van der Waals surface area contributed by atoms with Gasteiger partial charge in [-0.15, -0.1) is 0 Å². The van der Waals surface area contributed by atoms with Gasteiger partial charge in [0.1, 0.15) is 18.4 Å². The van der Waals surface area contributed by atoms with Gasteiger partial charge in [-0.05, 0) is 75.2 Å². The third-order valence-corrected chi connectivity index (χ3v) is 9.11. The number of carbonyl (C=O) groups excluding carboxylic acids is 2.